The van der Waals surface area contributed by atoms with Gasteiger partial charge in [-0.1, -0.05) is 12.1 Å². The summed E-state index contributed by atoms with van der Waals surface area (Å²) in [5.41, 5.74) is 1.06. The number of nitrogens with zero attached hydrogens (tertiary/aromatic N) is 2. The molecule has 2 aliphatic heterocycles. The molecule has 17 heavy (non-hydrogen) atoms. The standard InChI is InChI=1S/C14H15FN2/c15-14-3-1-2-10(13(14)8-16)9-17-11-4-5-12(17)7-6-11/h1-3,11-12H,4-7,9H2. The molecule has 2 aliphatic rings. The molecular weight excluding hydrogens is 215 g/mol. The minimum absolute atomic E-state index is 0.221. The van der Waals surface area contributed by atoms with Gasteiger partial charge in [-0.25, -0.2) is 4.39 Å². The minimum Gasteiger partial charge on any atom is -0.293 e. The fourth-order valence-electron chi connectivity index (χ4n) is 3.30. The normalized spacial score (nSPS) is 27.3. The van der Waals surface area contributed by atoms with Crippen molar-refractivity contribution in [1.29, 1.82) is 5.26 Å². The molecule has 2 bridgehead atoms. The Hall–Kier alpha value is -1.40. The van der Waals surface area contributed by atoms with E-state index >= 15 is 0 Å². The van der Waals surface area contributed by atoms with E-state index in [-0.39, 0.29) is 5.56 Å². The summed E-state index contributed by atoms with van der Waals surface area (Å²) in [6.45, 7) is 0.732. The molecule has 1 aromatic rings. The summed E-state index contributed by atoms with van der Waals surface area (Å²) in [5.74, 6) is -0.392. The van der Waals surface area contributed by atoms with E-state index in [1.165, 1.54) is 31.7 Å². The number of hydrogen-bond acceptors (Lipinski definition) is 2. The Labute approximate surface area is 101 Å². The molecule has 1 aromatic carbocycles. The molecule has 0 saturated carbocycles. The third kappa shape index (κ3) is 1.73. The van der Waals surface area contributed by atoms with Crippen molar-refractivity contribution in [1.82, 2.24) is 4.90 Å². The third-order valence-electron chi connectivity index (χ3n) is 4.17. The molecule has 2 fully saturated rings. The molecule has 0 aliphatic carbocycles. The molecule has 2 saturated heterocycles. The van der Waals surface area contributed by atoms with Gasteiger partial charge in [0.25, 0.3) is 0 Å². The summed E-state index contributed by atoms with van der Waals surface area (Å²) >= 11 is 0. The molecule has 2 heterocycles. The molecule has 3 rings (SSSR count). The zero-order valence-electron chi connectivity index (χ0n) is 9.69. The molecule has 0 atom stereocenters. The van der Waals surface area contributed by atoms with E-state index in [2.05, 4.69) is 4.90 Å². The fraction of sp³-hybridized carbons (Fsp3) is 0.500. The van der Waals surface area contributed by atoms with Crippen LogP contribution in [0.3, 0.4) is 0 Å². The van der Waals surface area contributed by atoms with E-state index in [0.717, 1.165) is 12.1 Å². The summed E-state index contributed by atoms with van der Waals surface area (Å²) in [4.78, 5) is 2.45. The second-order valence-electron chi connectivity index (χ2n) is 5.02. The SMILES string of the molecule is N#Cc1c(F)cccc1CN1C2CCC1CC2. The van der Waals surface area contributed by atoms with Crippen LogP contribution in [-0.2, 0) is 6.54 Å². The Kier molecular flexibility index (Phi) is 2.60. The Morgan fingerprint density at radius 3 is 2.47 bits per heavy atom. The van der Waals surface area contributed by atoms with E-state index in [1.54, 1.807) is 6.07 Å². The smallest absolute Gasteiger partial charge is 0.141 e. The second kappa shape index (κ2) is 4.12. The van der Waals surface area contributed by atoms with Gasteiger partial charge in [-0.05, 0) is 37.3 Å². The maximum Gasteiger partial charge on any atom is 0.141 e. The monoisotopic (exact) mass is 230 g/mol. The quantitative estimate of drug-likeness (QED) is 0.781. The van der Waals surface area contributed by atoms with Crippen LogP contribution in [0.1, 0.15) is 36.8 Å². The first-order valence-corrected chi connectivity index (χ1v) is 6.23. The molecule has 88 valence electrons. The number of rotatable bonds is 2. The van der Waals surface area contributed by atoms with Crippen molar-refractivity contribution in [2.24, 2.45) is 0 Å². The van der Waals surface area contributed by atoms with Crippen LogP contribution < -0.4 is 0 Å². The Morgan fingerprint density at radius 1 is 1.24 bits per heavy atom. The van der Waals surface area contributed by atoms with Crippen LogP contribution in [0.2, 0.25) is 0 Å². The maximum atomic E-state index is 13.5. The summed E-state index contributed by atoms with van der Waals surface area (Å²) in [6, 6.07) is 8.24. The predicted octanol–water partition coefficient (Wildman–Crippen LogP) is 2.82. The van der Waals surface area contributed by atoms with E-state index in [0.29, 0.717) is 12.1 Å². The van der Waals surface area contributed by atoms with Crippen LogP contribution in [-0.4, -0.2) is 17.0 Å². The van der Waals surface area contributed by atoms with Crippen molar-refractivity contribution in [2.45, 2.75) is 44.3 Å². The van der Waals surface area contributed by atoms with Crippen molar-refractivity contribution < 1.29 is 4.39 Å². The highest BCUT2D eigenvalue weighted by Crippen LogP contribution is 2.38. The van der Waals surface area contributed by atoms with Gasteiger partial charge in [0.05, 0.1) is 5.56 Å². The third-order valence-corrected chi connectivity index (χ3v) is 4.17. The van der Waals surface area contributed by atoms with Crippen LogP contribution in [0.15, 0.2) is 18.2 Å². The lowest BCUT2D eigenvalue weighted by Crippen LogP contribution is -2.28. The first-order chi connectivity index (χ1) is 8.29. The Bertz CT molecular complexity index is 458. The van der Waals surface area contributed by atoms with Crippen molar-refractivity contribution >= 4 is 0 Å². The molecule has 3 heteroatoms. The molecule has 2 nitrogen and oxygen atoms in total. The van der Waals surface area contributed by atoms with Crippen molar-refractivity contribution in [3.63, 3.8) is 0 Å². The molecule has 0 spiro atoms. The van der Waals surface area contributed by atoms with Gasteiger partial charge in [-0.3, -0.25) is 4.90 Å². The first kappa shape index (κ1) is 10.7. The largest absolute Gasteiger partial charge is 0.293 e. The number of benzene rings is 1. The average molecular weight is 230 g/mol. The van der Waals surface area contributed by atoms with E-state index in [4.69, 9.17) is 5.26 Å². The van der Waals surface area contributed by atoms with Crippen LogP contribution in [0.5, 0.6) is 0 Å². The molecular formula is C14H15FN2. The van der Waals surface area contributed by atoms with Crippen LogP contribution in [0.4, 0.5) is 4.39 Å². The van der Waals surface area contributed by atoms with E-state index < -0.39 is 5.82 Å². The molecule has 0 unspecified atom stereocenters. The highest BCUT2D eigenvalue weighted by molar-refractivity contribution is 5.38. The van der Waals surface area contributed by atoms with Gasteiger partial charge in [-0.15, -0.1) is 0 Å². The van der Waals surface area contributed by atoms with Gasteiger partial charge in [-0.2, -0.15) is 5.26 Å². The van der Waals surface area contributed by atoms with Gasteiger partial charge in [0.1, 0.15) is 11.9 Å². The topological polar surface area (TPSA) is 27.0 Å². The summed E-state index contributed by atoms with van der Waals surface area (Å²) in [5, 5.41) is 9.01. The van der Waals surface area contributed by atoms with Gasteiger partial charge < -0.3 is 0 Å². The first-order valence-electron chi connectivity index (χ1n) is 6.23. The number of fused-ring (bicyclic) bond motifs is 2. The lowest BCUT2D eigenvalue weighted by Gasteiger charge is -2.22. The van der Waals surface area contributed by atoms with E-state index in [1.807, 2.05) is 12.1 Å². The summed E-state index contributed by atoms with van der Waals surface area (Å²) < 4.78 is 13.5. The van der Waals surface area contributed by atoms with Crippen molar-refractivity contribution in [2.75, 3.05) is 0 Å². The highest BCUT2D eigenvalue weighted by Gasteiger charge is 2.39. The van der Waals surface area contributed by atoms with Gasteiger partial charge in [0, 0.05) is 18.6 Å². The van der Waals surface area contributed by atoms with Crippen molar-refractivity contribution in [3.05, 3.63) is 35.1 Å². The molecule has 0 amide bonds. The summed E-state index contributed by atoms with van der Waals surface area (Å²) in [6.07, 6.45) is 5.06. The number of halogens is 1. The van der Waals surface area contributed by atoms with Gasteiger partial charge >= 0.3 is 0 Å². The highest BCUT2D eigenvalue weighted by atomic mass is 19.1. The Balaban J connectivity index is 1.87. The maximum absolute atomic E-state index is 13.5. The zero-order valence-corrected chi connectivity index (χ0v) is 9.69. The average Bonchev–Trinajstić information content (AvgIpc) is 2.89. The van der Waals surface area contributed by atoms with Gasteiger partial charge in [0.2, 0.25) is 0 Å². The zero-order chi connectivity index (χ0) is 11.8. The van der Waals surface area contributed by atoms with Gasteiger partial charge in [0.15, 0.2) is 0 Å². The minimum atomic E-state index is -0.392. The van der Waals surface area contributed by atoms with Crippen LogP contribution in [0, 0.1) is 17.1 Å². The number of hydrogen-bond donors (Lipinski definition) is 0. The molecule has 0 N–H and O–H groups in total. The lowest BCUT2D eigenvalue weighted by atomic mass is 10.0. The lowest BCUT2D eigenvalue weighted by molar-refractivity contribution is 0.243. The number of nitriles is 1. The fourth-order valence-corrected chi connectivity index (χ4v) is 3.30. The van der Waals surface area contributed by atoms with Crippen molar-refractivity contribution in [3.8, 4) is 6.07 Å². The van der Waals surface area contributed by atoms with Crippen LogP contribution >= 0.6 is 0 Å². The molecule has 0 aromatic heterocycles. The molecule has 0 radical (unpaired) electrons. The Morgan fingerprint density at radius 2 is 1.88 bits per heavy atom. The predicted molar refractivity (Wildman–Crippen MR) is 62.7 cm³/mol. The second-order valence-corrected chi connectivity index (χ2v) is 5.02. The van der Waals surface area contributed by atoms with Crippen LogP contribution in [0.25, 0.3) is 0 Å². The summed E-state index contributed by atoms with van der Waals surface area (Å²) in [7, 11) is 0. The van der Waals surface area contributed by atoms with E-state index in [9.17, 15) is 4.39 Å².